The summed E-state index contributed by atoms with van der Waals surface area (Å²) in [5.41, 5.74) is 2.76. The Morgan fingerprint density at radius 2 is 1.96 bits per heavy atom. The van der Waals surface area contributed by atoms with Gasteiger partial charge in [-0.05, 0) is 24.5 Å². The average molecular weight is 334 g/mol. The van der Waals surface area contributed by atoms with Crippen LogP contribution < -0.4 is 4.72 Å². The fraction of sp³-hybridized carbons (Fsp3) is 0.500. The van der Waals surface area contributed by atoms with Crippen LogP contribution in [0.2, 0.25) is 0 Å². The molecule has 2 aromatic rings. The van der Waals surface area contributed by atoms with Crippen LogP contribution in [0.4, 0.5) is 0 Å². The van der Waals surface area contributed by atoms with Gasteiger partial charge in [-0.15, -0.1) is 0 Å². The number of nitrogens with zero attached hydrogens (tertiary/aromatic N) is 3. The molecule has 0 unspecified atom stereocenters. The van der Waals surface area contributed by atoms with E-state index < -0.39 is 10.0 Å². The Hall–Kier alpha value is -1.73. The first-order chi connectivity index (χ1) is 11.0. The third-order valence-electron chi connectivity index (χ3n) is 4.30. The molecule has 7 heteroatoms. The van der Waals surface area contributed by atoms with Crippen molar-refractivity contribution in [3.05, 3.63) is 36.4 Å². The van der Waals surface area contributed by atoms with E-state index in [0.29, 0.717) is 0 Å². The van der Waals surface area contributed by atoms with Crippen LogP contribution in [0.5, 0.6) is 0 Å². The van der Waals surface area contributed by atoms with Crippen LogP contribution in [0, 0.1) is 0 Å². The molecular formula is C16H22N4O2S. The lowest BCUT2D eigenvalue weighted by molar-refractivity contribution is 0.477. The summed E-state index contributed by atoms with van der Waals surface area (Å²) in [5.74, 6) is 0. The summed E-state index contributed by atoms with van der Waals surface area (Å²) in [6.45, 7) is 0.278. The van der Waals surface area contributed by atoms with Crippen LogP contribution in [0.15, 0.2) is 30.9 Å². The van der Waals surface area contributed by atoms with E-state index in [1.54, 1.807) is 23.3 Å². The maximum absolute atomic E-state index is 12.4. The summed E-state index contributed by atoms with van der Waals surface area (Å²) in [5, 5.41) is 3.90. The standard InChI is InChI=1S/C16H22N4O2S/c1-20-12-15(11-18-20)14-7-13(8-17-10-14)9-19-23(21,22)16-5-3-2-4-6-16/h7-8,10-12,16,19H,2-6,9H2,1H3. The van der Waals surface area contributed by atoms with Crippen molar-refractivity contribution >= 4 is 10.0 Å². The lowest BCUT2D eigenvalue weighted by Crippen LogP contribution is -2.35. The van der Waals surface area contributed by atoms with Crippen molar-refractivity contribution in [2.45, 2.75) is 43.9 Å². The first kappa shape index (κ1) is 16.1. The van der Waals surface area contributed by atoms with E-state index in [-0.39, 0.29) is 11.8 Å². The van der Waals surface area contributed by atoms with Crippen molar-refractivity contribution in [2.24, 2.45) is 7.05 Å². The third-order valence-corrected chi connectivity index (χ3v) is 6.20. The van der Waals surface area contributed by atoms with Crippen LogP contribution in [0.1, 0.15) is 37.7 Å². The van der Waals surface area contributed by atoms with Gasteiger partial charge in [-0.3, -0.25) is 9.67 Å². The Morgan fingerprint density at radius 3 is 2.65 bits per heavy atom. The molecule has 1 fully saturated rings. The maximum atomic E-state index is 12.4. The molecule has 0 atom stereocenters. The molecule has 1 N–H and O–H groups in total. The van der Waals surface area contributed by atoms with Gasteiger partial charge in [0.1, 0.15) is 0 Å². The number of pyridine rings is 1. The summed E-state index contributed by atoms with van der Waals surface area (Å²) in [6, 6.07) is 1.95. The van der Waals surface area contributed by atoms with E-state index in [0.717, 1.165) is 48.8 Å². The molecule has 2 heterocycles. The second kappa shape index (κ2) is 6.80. The van der Waals surface area contributed by atoms with Crippen molar-refractivity contribution in [3.63, 3.8) is 0 Å². The van der Waals surface area contributed by atoms with E-state index in [2.05, 4.69) is 14.8 Å². The predicted molar refractivity (Wildman–Crippen MR) is 89.1 cm³/mol. The quantitative estimate of drug-likeness (QED) is 0.910. The van der Waals surface area contributed by atoms with Gasteiger partial charge in [0.05, 0.1) is 11.4 Å². The highest BCUT2D eigenvalue weighted by Gasteiger charge is 2.26. The van der Waals surface area contributed by atoms with E-state index in [9.17, 15) is 8.42 Å². The first-order valence-corrected chi connectivity index (χ1v) is 9.51. The summed E-state index contributed by atoms with van der Waals surface area (Å²) in [7, 11) is -1.39. The minimum Gasteiger partial charge on any atom is -0.275 e. The molecule has 0 amide bonds. The van der Waals surface area contributed by atoms with Crippen LogP contribution in [0.25, 0.3) is 11.1 Å². The topological polar surface area (TPSA) is 76.9 Å². The molecule has 0 bridgehead atoms. The number of nitrogens with one attached hydrogen (secondary N) is 1. The molecule has 6 nitrogen and oxygen atoms in total. The van der Waals surface area contributed by atoms with Gasteiger partial charge in [0, 0.05) is 43.3 Å². The number of rotatable bonds is 5. The molecule has 1 saturated carbocycles. The first-order valence-electron chi connectivity index (χ1n) is 7.96. The van der Waals surface area contributed by atoms with Crippen molar-refractivity contribution in [1.29, 1.82) is 0 Å². The van der Waals surface area contributed by atoms with E-state index in [1.807, 2.05) is 19.3 Å². The SMILES string of the molecule is Cn1cc(-c2cncc(CNS(=O)(=O)C3CCCCC3)c2)cn1. The van der Waals surface area contributed by atoms with Crippen LogP contribution in [0.3, 0.4) is 0 Å². The lowest BCUT2D eigenvalue weighted by atomic mass is 10.0. The van der Waals surface area contributed by atoms with Gasteiger partial charge in [-0.1, -0.05) is 19.3 Å². The maximum Gasteiger partial charge on any atom is 0.214 e. The van der Waals surface area contributed by atoms with E-state index in [4.69, 9.17) is 0 Å². The normalized spacial score (nSPS) is 16.6. The molecule has 2 aromatic heterocycles. The third kappa shape index (κ3) is 3.97. The number of hydrogen-bond donors (Lipinski definition) is 1. The molecule has 0 radical (unpaired) electrons. The number of hydrogen-bond acceptors (Lipinski definition) is 4. The van der Waals surface area contributed by atoms with Gasteiger partial charge in [0.15, 0.2) is 0 Å². The van der Waals surface area contributed by atoms with Gasteiger partial charge in [0.2, 0.25) is 10.0 Å². The van der Waals surface area contributed by atoms with Crippen molar-refractivity contribution < 1.29 is 8.42 Å². The Labute approximate surface area is 137 Å². The monoisotopic (exact) mass is 334 g/mol. The molecule has 23 heavy (non-hydrogen) atoms. The lowest BCUT2D eigenvalue weighted by Gasteiger charge is -2.22. The Morgan fingerprint density at radius 1 is 1.17 bits per heavy atom. The molecule has 124 valence electrons. The molecule has 0 spiro atoms. The Bertz CT molecular complexity index is 764. The predicted octanol–water partition coefficient (Wildman–Crippen LogP) is 2.23. The fourth-order valence-corrected chi connectivity index (χ4v) is 4.55. The van der Waals surface area contributed by atoms with Gasteiger partial charge in [-0.25, -0.2) is 13.1 Å². The van der Waals surface area contributed by atoms with Gasteiger partial charge in [0.25, 0.3) is 0 Å². The van der Waals surface area contributed by atoms with Gasteiger partial charge in [-0.2, -0.15) is 5.10 Å². The minimum absolute atomic E-state index is 0.245. The summed E-state index contributed by atoms with van der Waals surface area (Å²) in [6.07, 6.45) is 11.8. The molecular weight excluding hydrogens is 312 g/mol. The number of sulfonamides is 1. The van der Waals surface area contributed by atoms with Crippen LogP contribution >= 0.6 is 0 Å². The minimum atomic E-state index is -3.25. The van der Waals surface area contributed by atoms with E-state index >= 15 is 0 Å². The second-order valence-corrected chi connectivity index (χ2v) is 8.16. The fourth-order valence-electron chi connectivity index (χ4n) is 2.99. The van der Waals surface area contributed by atoms with Gasteiger partial charge >= 0.3 is 0 Å². The summed E-state index contributed by atoms with van der Waals surface area (Å²) in [4.78, 5) is 4.21. The van der Waals surface area contributed by atoms with Crippen LogP contribution in [-0.4, -0.2) is 28.4 Å². The number of aryl methyl sites for hydroxylation is 1. The zero-order chi connectivity index (χ0) is 16.3. The highest BCUT2D eigenvalue weighted by Crippen LogP contribution is 2.23. The zero-order valence-corrected chi connectivity index (χ0v) is 14.1. The second-order valence-electron chi connectivity index (χ2n) is 6.11. The molecule has 1 aliphatic carbocycles. The summed E-state index contributed by atoms with van der Waals surface area (Å²) >= 11 is 0. The van der Waals surface area contributed by atoms with Crippen LogP contribution in [-0.2, 0) is 23.6 Å². The van der Waals surface area contributed by atoms with Crippen molar-refractivity contribution in [1.82, 2.24) is 19.5 Å². The zero-order valence-electron chi connectivity index (χ0n) is 13.3. The number of aromatic nitrogens is 3. The van der Waals surface area contributed by atoms with E-state index in [1.165, 1.54) is 0 Å². The molecule has 0 aliphatic heterocycles. The highest BCUT2D eigenvalue weighted by atomic mass is 32.2. The highest BCUT2D eigenvalue weighted by molar-refractivity contribution is 7.90. The largest absolute Gasteiger partial charge is 0.275 e. The molecule has 0 saturated heterocycles. The average Bonchev–Trinajstić information content (AvgIpc) is 3.01. The Kier molecular flexibility index (Phi) is 4.77. The molecule has 3 rings (SSSR count). The van der Waals surface area contributed by atoms with Crippen molar-refractivity contribution in [3.8, 4) is 11.1 Å². The summed E-state index contributed by atoms with van der Waals surface area (Å²) < 4.78 is 29.2. The molecule has 0 aromatic carbocycles. The molecule has 1 aliphatic rings. The smallest absolute Gasteiger partial charge is 0.214 e. The van der Waals surface area contributed by atoms with Crippen molar-refractivity contribution in [2.75, 3.05) is 0 Å². The Balaban J connectivity index is 1.68. The van der Waals surface area contributed by atoms with Gasteiger partial charge < -0.3 is 0 Å².